The van der Waals surface area contributed by atoms with E-state index in [4.69, 9.17) is 15.1 Å². The first-order valence-corrected chi connectivity index (χ1v) is 13.0. The first-order valence-electron chi connectivity index (χ1n) is 13.0. The van der Waals surface area contributed by atoms with Crippen molar-refractivity contribution in [1.29, 1.82) is 0 Å². The zero-order valence-corrected chi connectivity index (χ0v) is 23.9. The third-order valence-corrected chi connectivity index (χ3v) is 7.22. The second-order valence-corrected chi connectivity index (χ2v) is 10.6. The Bertz CT molecular complexity index is 1610. The molecule has 0 heterocycles. The maximum atomic E-state index is 12.0. The number of aromatic hydroxyl groups is 6. The molecule has 12 heteroatoms. The van der Waals surface area contributed by atoms with Crippen molar-refractivity contribution in [2.45, 2.75) is 53.4 Å². The van der Waals surface area contributed by atoms with Crippen LogP contribution in [0, 0.1) is 13.8 Å². The summed E-state index contributed by atoms with van der Waals surface area (Å²) in [4.78, 5) is 24.0. The fourth-order valence-corrected chi connectivity index (χ4v) is 5.60. The third kappa shape index (κ3) is 5.04. The second kappa shape index (κ2) is 11.8. The largest absolute Gasteiger partial charge is 0.631 e. The highest BCUT2D eigenvalue weighted by Crippen LogP contribution is 2.54. The topological polar surface area (TPSA) is 216 Å². The zero-order chi connectivity index (χ0) is 32.0. The molecule has 0 unspecified atom stereocenters. The van der Waals surface area contributed by atoms with Crippen LogP contribution in [0.2, 0.25) is 0 Å². The van der Waals surface area contributed by atoms with Gasteiger partial charge in [0.15, 0.2) is 35.6 Å². The molecule has 0 amide bonds. The number of aryl methyl sites for hydroxylation is 2. The Morgan fingerprint density at radius 3 is 1.10 bits per heavy atom. The van der Waals surface area contributed by atoms with Crippen molar-refractivity contribution in [3.63, 3.8) is 0 Å². The maximum Gasteiger partial charge on any atom is 0.631 e. The summed E-state index contributed by atoms with van der Waals surface area (Å²) in [5.74, 6) is -3.57. The molecule has 9 N–H and O–H groups in total. The van der Waals surface area contributed by atoms with Gasteiger partial charge in [-0.1, -0.05) is 39.8 Å². The normalized spacial score (nSPS) is 11.2. The fraction of sp³-hybridized carbons (Fsp3) is 0.267. The van der Waals surface area contributed by atoms with Gasteiger partial charge in [-0.25, -0.2) is 0 Å². The molecule has 0 aliphatic heterocycles. The molecule has 0 atom stereocenters. The highest BCUT2D eigenvalue weighted by atomic mass is 16.5. The summed E-state index contributed by atoms with van der Waals surface area (Å²) in [5.41, 5.74) is 1.33. The van der Waals surface area contributed by atoms with Crippen LogP contribution in [0.5, 0.6) is 34.5 Å². The molecule has 4 aromatic carbocycles. The molecule has 42 heavy (non-hydrogen) atoms. The summed E-state index contributed by atoms with van der Waals surface area (Å²) in [6.45, 7) is 10.5. The van der Waals surface area contributed by atoms with Crippen LogP contribution in [0.1, 0.15) is 82.5 Å². The van der Waals surface area contributed by atoms with Crippen LogP contribution in [0.3, 0.4) is 0 Å². The molecular formula is C30H33BO11. The van der Waals surface area contributed by atoms with E-state index in [1.165, 1.54) is 0 Å². The van der Waals surface area contributed by atoms with Gasteiger partial charge in [0.2, 0.25) is 0 Å². The molecule has 0 bridgehead atoms. The van der Waals surface area contributed by atoms with Crippen molar-refractivity contribution in [3.05, 3.63) is 45.5 Å². The van der Waals surface area contributed by atoms with Crippen LogP contribution in [-0.4, -0.2) is 65.6 Å². The second-order valence-electron chi connectivity index (χ2n) is 10.6. The molecule has 0 saturated heterocycles. The van der Waals surface area contributed by atoms with Crippen molar-refractivity contribution in [1.82, 2.24) is 0 Å². The molecule has 4 rings (SSSR count). The van der Waals surface area contributed by atoms with Crippen molar-refractivity contribution in [3.8, 4) is 45.6 Å². The van der Waals surface area contributed by atoms with E-state index in [-0.39, 0.29) is 44.9 Å². The number of phenolic OH excluding ortho intramolecular Hbond substituents is 6. The van der Waals surface area contributed by atoms with Crippen molar-refractivity contribution in [2.75, 3.05) is 0 Å². The lowest BCUT2D eigenvalue weighted by molar-refractivity contribution is 0.111. The van der Waals surface area contributed by atoms with Gasteiger partial charge in [0.05, 0.1) is 11.1 Å². The van der Waals surface area contributed by atoms with Gasteiger partial charge in [-0.3, -0.25) is 9.59 Å². The molecule has 222 valence electrons. The third-order valence-electron chi connectivity index (χ3n) is 7.22. The predicted octanol–water partition coefficient (Wildman–Crippen LogP) is 4.33. The number of hydrogen-bond donors (Lipinski definition) is 9. The monoisotopic (exact) mass is 580 g/mol. The van der Waals surface area contributed by atoms with Crippen LogP contribution in [-0.2, 0) is 0 Å². The molecule has 0 aromatic heterocycles. The molecule has 0 spiro atoms. The number of phenols is 6. The van der Waals surface area contributed by atoms with Crippen LogP contribution >= 0.6 is 0 Å². The molecule has 0 radical (unpaired) electrons. The Morgan fingerprint density at radius 2 is 0.857 bits per heavy atom. The summed E-state index contributed by atoms with van der Waals surface area (Å²) in [7, 11) is -2.17. The first-order chi connectivity index (χ1) is 19.5. The smallest absolute Gasteiger partial charge is 0.507 e. The van der Waals surface area contributed by atoms with Gasteiger partial charge in [-0.15, -0.1) is 0 Å². The van der Waals surface area contributed by atoms with Gasteiger partial charge >= 0.3 is 7.32 Å². The van der Waals surface area contributed by atoms with Crippen molar-refractivity contribution < 1.29 is 55.3 Å². The van der Waals surface area contributed by atoms with Crippen molar-refractivity contribution in [2.24, 2.45) is 0 Å². The van der Waals surface area contributed by atoms with Gasteiger partial charge in [-0.2, -0.15) is 0 Å². The number of carbonyl (C=O) groups is 2. The van der Waals surface area contributed by atoms with Crippen LogP contribution < -0.4 is 0 Å². The standard InChI is InChI=1S/C30H30O8.BH3O3/c1-11(2)19-15-7-13(5)21(27(35)23(15)17(9-31)25(33)29(19)37)22-14(6)8-16-20(12(3)4)30(38)26(34)18(10-32)24(16)28(22)36;2-1(3)4/h7-12,33-38H,1-6H3;2-4H. The van der Waals surface area contributed by atoms with E-state index in [9.17, 15) is 40.2 Å². The van der Waals surface area contributed by atoms with E-state index in [0.29, 0.717) is 45.6 Å². The van der Waals surface area contributed by atoms with E-state index < -0.39 is 41.8 Å². The summed E-state index contributed by atoms with van der Waals surface area (Å²) in [6, 6.07) is 3.31. The lowest BCUT2D eigenvalue weighted by Gasteiger charge is -2.23. The minimum Gasteiger partial charge on any atom is -0.507 e. The summed E-state index contributed by atoms with van der Waals surface area (Å²) < 4.78 is 0. The molecule has 0 fully saturated rings. The Balaban J connectivity index is 0.00000114. The summed E-state index contributed by atoms with van der Waals surface area (Å²) in [5, 5.41) is 87.9. The molecule has 0 saturated carbocycles. The van der Waals surface area contributed by atoms with E-state index in [2.05, 4.69) is 0 Å². The molecule has 0 aliphatic carbocycles. The minimum absolute atomic E-state index is 0.00512. The average molecular weight is 580 g/mol. The number of hydrogen-bond acceptors (Lipinski definition) is 11. The molecular weight excluding hydrogens is 547 g/mol. The molecule has 11 nitrogen and oxygen atoms in total. The average Bonchev–Trinajstić information content (AvgIpc) is 2.87. The number of benzene rings is 4. The number of fused-ring (bicyclic) bond motifs is 2. The highest BCUT2D eigenvalue weighted by Gasteiger charge is 2.29. The van der Waals surface area contributed by atoms with Gasteiger partial charge in [0.1, 0.15) is 11.5 Å². The fourth-order valence-electron chi connectivity index (χ4n) is 5.60. The van der Waals surface area contributed by atoms with Crippen LogP contribution in [0.15, 0.2) is 12.1 Å². The van der Waals surface area contributed by atoms with E-state index in [0.717, 1.165) is 0 Å². The van der Waals surface area contributed by atoms with Crippen LogP contribution in [0.25, 0.3) is 32.7 Å². The highest BCUT2D eigenvalue weighted by molar-refractivity contribution is 6.30. The van der Waals surface area contributed by atoms with Crippen LogP contribution in [0.4, 0.5) is 0 Å². The van der Waals surface area contributed by atoms with Gasteiger partial charge in [0, 0.05) is 33.0 Å². The molecule has 0 aliphatic rings. The summed E-state index contributed by atoms with van der Waals surface area (Å²) in [6.07, 6.45) is 0.682. The molecule has 4 aromatic rings. The minimum atomic E-state index is -2.17. The lowest BCUT2D eigenvalue weighted by atomic mass is 9.83. The predicted molar refractivity (Wildman–Crippen MR) is 158 cm³/mol. The Hall–Kier alpha value is -4.52. The number of carbonyl (C=O) groups excluding carboxylic acids is 2. The lowest BCUT2D eigenvalue weighted by Crippen LogP contribution is -2.07. The van der Waals surface area contributed by atoms with Gasteiger partial charge in [0.25, 0.3) is 0 Å². The maximum absolute atomic E-state index is 12.0. The van der Waals surface area contributed by atoms with E-state index in [1.54, 1.807) is 53.7 Å². The SMILES string of the molecule is Cc1cc2c(C(C)C)c(O)c(O)c(C=O)c2c(O)c1-c1c(C)cc2c(C(C)C)c(O)c(O)c(C=O)c2c1O.OB(O)O. The zero-order valence-electron chi connectivity index (χ0n) is 23.9. The number of rotatable bonds is 5. The van der Waals surface area contributed by atoms with Gasteiger partial charge < -0.3 is 45.7 Å². The Morgan fingerprint density at radius 1 is 0.571 bits per heavy atom. The Kier molecular flexibility index (Phi) is 8.97. The first kappa shape index (κ1) is 32.0. The summed E-state index contributed by atoms with van der Waals surface area (Å²) >= 11 is 0. The van der Waals surface area contributed by atoms with Gasteiger partial charge in [-0.05, 0) is 47.6 Å². The number of aldehydes is 2. The van der Waals surface area contributed by atoms with Crippen molar-refractivity contribution >= 4 is 41.4 Å². The van der Waals surface area contributed by atoms with E-state index in [1.807, 2.05) is 0 Å². The Labute approximate surface area is 241 Å². The quantitative estimate of drug-likeness (QED) is 0.0919. The van der Waals surface area contributed by atoms with E-state index >= 15 is 0 Å².